The van der Waals surface area contributed by atoms with Gasteiger partial charge in [0, 0.05) is 15.6 Å². The molecule has 0 radical (unpaired) electrons. The molecule has 38 heavy (non-hydrogen) atoms. The Labute approximate surface area is 242 Å². The Kier molecular flexibility index (Phi) is 9.12. The van der Waals surface area contributed by atoms with Crippen LogP contribution in [0.25, 0.3) is 6.08 Å². The summed E-state index contributed by atoms with van der Waals surface area (Å²) in [5.41, 5.74) is 1.41. The number of nitrogens with one attached hydrogen (secondary N) is 1. The molecule has 7 nitrogen and oxygen atoms in total. The molecule has 0 aliphatic carbocycles. The normalized spacial score (nSPS) is 14.2. The van der Waals surface area contributed by atoms with Gasteiger partial charge in [-0.3, -0.25) is 19.3 Å². The maximum atomic E-state index is 13.0. The molecule has 1 heterocycles. The first-order chi connectivity index (χ1) is 18.2. The molecule has 3 aromatic carbocycles. The summed E-state index contributed by atoms with van der Waals surface area (Å²) in [6.07, 6.45) is 1.52. The van der Waals surface area contributed by atoms with Crippen LogP contribution in [0.15, 0.2) is 59.5 Å². The van der Waals surface area contributed by atoms with E-state index in [2.05, 4.69) is 5.32 Å². The SMILES string of the molecule is COc1cc(/C=C2\SC(=O)N(Cc3c(Cl)cccc3Cl)C2=O)cc(Cl)c1OCC(=O)Nc1ccccc1Cl. The van der Waals surface area contributed by atoms with Gasteiger partial charge in [-0.05, 0) is 59.8 Å². The number of halogens is 4. The van der Waals surface area contributed by atoms with Crippen LogP contribution in [0, 0.1) is 0 Å². The summed E-state index contributed by atoms with van der Waals surface area (Å²) in [6.45, 7) is -0.419. The van der Waals surface area contributed by atoms with Gasteiger partial charge in [0.25, 0.3) is 17.1 Å². The highest BCUT2D eigenvalue weighted by Crippen LogP contribution is 2.40. The Morgan fingerprint density at radius 2 is 1.66 bits per heavy atom. The van der Waals surface area contributed by atoms with Crippen molar-refractivity contribution < 1.29 is 23.9 Å². The third-order valence-electron chi connectivity index (χ3n) is 5.30. The van der Waals surface area contributed by atoms with Crippen LogP contribution < -0.4 is 14.8 Å². The van der Waals surface area contributed by atoms with Gasteiger partial charge in [-0.15, -0.1) is 0 Å². The second-order valence-electron chi connectivity index (χ2n) is 7.82. The van der Waals surface area contributed by atoms with Crippen molar-refractivity contribution >= 4 is 87.0 Å². The lowest BCUT2D eigenvalue weighted by molar-refractivity contribution is -0.123. The second kappa shape index (κ2) is 12.3. The number of carbonyl (C=O) groups excluding carboxylic acids is 3. The molecule has 0 spiro atoms. The van der Waals surface area contributed by atoms with E-state index in [1.165, 1.54) is 19.3 Å². The van der Waals surface area contributed by atoms with E-state index < -0.39 is 17.1 Å². The Morgan fingerprint density at radius 3 is 2.34 bits per heavy atom. The molecule has 0 atom stereocenters. The van der Waals surface area contributed by atoms with Crippen molar-refractivity contribution in [3.8, 4) is 11.5 Å². The zero-order valence-corrected chi connectivity index (χ0v) is 23.4. The molecule has 3 aromatic rings. The minimum Gasteiger partial charge on any atom is -0.493 e. The summed E-state index contributed by atoms with van der Waals surface area (Å²) in [6, 6.07) is 14.8. The average molecular weight is 612 g/mol. The standard InChI is InChI=1S/C26H18Cl4N2O5S/c1-36-21-10-14(9-19(30)24(21)37-13-23(33)31-20-8-3-2-5-18(20)29)11-22-25(34)32(26(35)38-22)12-15-16(27)6-4-7-17(15)28/h2-11H,12-13H2,1H3,(H,31,33)/b22-11-. The summed E-state index contributed by atoms with van der Waals surface area (Å²) in [5, 5.41) is 3.43. The predicted molar refractivity (Wildman–Crippen MR) is 152 cm³/mol. The Morgan fingerprint density at radius 1 is 0.974 bits per heavy atom. The minimum atomic E-state index is -0.498. The Hall–Kier alpha value is -2.88. The number of amides is 3. The lowest BCUT2D eigenvalue weighted by Gasteiger charge is -2.15. The van der Waals surface area contributed by atoms with E-state index in [0.29, 0.717) is 31.9 Å². The van der Waals surface area contributed by atoms with E-state index in [1.54, 1.807) is 48.5 Å². The number of ether oxygens (including phenoxy) is 2. The third kappa shape index (κ3) is 6.39. The number of imide groups is 1. The molecule has 1 aliphatic heterocycles. The third-order valence-corrected chi connectivity index (χ3v) is 7.52. The topological polar surface area (TPSA) is 84.9 Å². The molecule has 1 fully saturated rings. The van der Waals surface area contributed by atoms with E-state index in [9.17, 15) is 14.4 Å². The molecule has 1 aliphatic rings. The van der Waals surface area contributed by atoms with Gasteiger partial charge in [0.2, 0.25) is 0 Å². The lowest BCUT2D eigenvalue weighted by atomic mass is 10.1. The summed E-state index contributed by atoms with van der Waals surface area (Å²) >= 11 is 25.7. The first-order valence-electron chi connectivity index (χ1n) is 10.9. The molecule has 12 heteroatoms. The average Bonchev–Trinajstić information content (AvgIpc) is 3.13. The molecule has 0 saturated carbocycles. The molecule has 196 valence electrons. The first-order valence-corrected chi connectivity index (χ1v) is 13.2. The molecule has 0 unspecified atom stereocenters. The van der Waals surface area contributed by atoms with E-state index in [-0.39, 0.29) is 34.6 Å². The van der Waals surface area contributed by atoms with Gasteiger partial charge in [-0.1, -0.05) is 64.6 Å². The van der Waals surface area contributed by atoms with Crippen LogP contribution in [0.5, 0.6) is 11.5 Å². The molecule has 0 aromatic heterocycles. The highest BCUT2D eigenvalue weighted by atomic mass is 35.5. The number of methoxy groups -OCH3 is 1. The number of hydrogen-bond acceptors (Lipinski definition) is 6. The quantitative estimate of drug-likeness (QED) is 0.265. The zero-order valence-electron chi connectivity index (χ0n) is 19.6. The maximum Gasteiger partial charge on any atom is 0.293 e. The number of para-hydroxylation sites is 1. The van der Waals surface area contributed by atoms with Gasteiger partial charge in [-0.2, -0.15) is 0 Å². The molecule has 1 N–H and O–H groups in total. The van der Waals surface area contributed by atoms with Crippen LogP contribution in [-0.4, -0.2) is 35.7 Å². The van der Waals surface area contributed by atoms with Gasteiger partial charge >= 0.3 is 0 Å². The van der Waals surface area contributed by atoms with Crippen molar-refractivity contribution in [1.82, 2.24) is 4.90 Å². The van der Waals surface area contributed by atoms with Crippen molar-refractivity contribution in [2.24, 2.45) is 0 Å². The van der Waals surface area contributed by atoms with Crippen molar-refractivity contribution in [1.29, 1.82) is 0 Å². The van der Waals surface area contributed by atoms with Crippen molar-refractivity contribution in [2.75, 3.05) is 19.0 Å². The Balaban J connectivity index is 1.49. The van der Waals surface area contributed by atoms with Crippen LogP contribution >= 0.6 is 58.2 Å². The summed E-state index contributed by atoms with van der Waals surface area (Å²) in [7, 11) is 1.41. The number of benzene rings is 3. The van der Waals surface area contributed by atoms with Crippen LogP contribution in [-0.2, 0) is 16.1 Å². The molecular formula is C26H18Cl4N2O5S. The first kappa shape index (κ1) is 28.1. The van der Waals surface area contributed by atoms with Crippen LogP contribution in [0.2, 0.25) is 20.1 Å². The van der Waals surface area contributed by atoms with E-state index >= 15 is 0 Å². The fraction of sp³-hybridized carbons (Fsp3) is 0.115. The number of nitrogens with zero attached hydrogens (tertiary/aromatic N) is 1. The Bertz CT molecular complexity index is 1440. The zero-order chi connectivity index (χ0) is 27.4. The van der Waals surface area contributed by atoms with Gasteiger partial charge < -0.3 is 14.8 Å². The fourth-order valence-corrected chi connectivity index (χ4v) is 5.29. The molecule has 0 bridgehead atoms. The largest absolute Gasteiger partial charge is 0.493 e. The van der Waals surface area contributed by atoms with Crippen molar-refractivity contribution in [2.45, 2.75) is 6.54 Å². The number of anilines is 1. The van der Waals surface area contributed by atoms with E-state index in [1.807, 2.05) is 0 Å². The summed E-state index contributed by atoms with van der Waals surface area (Å²) < 4.78 is 11.0. The number of rotatable bonds is 8. The second-order valence-corrected chi connectivity index (χ2v) is 10.4. The van der Waals surface area contributed by atoms with Crippen molar-refractivity contribution in [3.63, 3.8) is 0 Å². The van der Waals surface area contributed by atoms with Gasteiger partial charge in [0.15, 0.2) is 18.1 Å². The smallest absolute Gasteiger partial charge is 0.293 e. The van der Waals surface area contributed by atoms with E-state index in [4.69, 9.17) is 55.9 Å². The number of hydrogen-bond donors (Lipinski definition) is 1. The van der Waals surface area contributed by atoms with Crippen molar-refractivity contribution in [3.05, 3.63) is 90.7 Å². The van der Waals surface area contributed by atoms with Crippen LogP contribution in [0.1, 0.15) is 11.1 Å². The van der Waals surface area contributed by atoms with Crippen LogP contribution in [0.3, 0.4) is 0 Å². The van der Waals surface area contributed by atoms with Gasteiger partial charge in [-0.25, -0.2) is 0 Å². The summed E-state index contributed by atoms with van der Waals surface area (Å²) in [4.78, 5) is 39.2. The fourth-order valence-electron chi connectivity index (χ4n) is 3.48. The maximum absolute atomic E-state index is 13.0. The number of carbonyl (C=O) groups is 3. The molecule has 1 saturated heterocycles. The van der Waals surface area contributed by atoms with E-state index in [0.717, 1.165) is 16.7 Å². The van der Waals surface area contributed by atoms with Gasteiger partial charge in [0.05, 0.1) is 34.3 Å². The van der Waals surface area contributed by atoms with Crippen LogP contribution in [0.4, 0.5) is 10.5 Å². The lowest BCUT2D eigenvalue weighted by Crippen LogP contribution is -2.27. The molecular weight excluding hydrogens is 594 g/mol. The monoisotopic (exact) mass is 610 g/mol. The summed E-state index contributed by atoms with van der Waals surface area (Å²) in [5.74, 6) is -0.575. The minimum absolute atomic E-state index is 0.0619. The highest BCUT2D eigenvalue weighted by Gasteiger charge is 2.36. The highest BCUT2D eigenvalue weighted by molar-refractivity contribution is 8.18. The predicted octanol–water partition coefficient (Wildman–Crippen LogP) is 7.56. The molecule has 4 rings (SSSR count). The van der Waals surface area contributed by atoms with Gasteiger partial charge in [0.1, 0.15) is 0 Å². The number of thioether (sulfide) groups is 1. The molecule has 3 amide bonds.